The van der Waals surface area contributed by atoms with E-state index in [1.54, 1.807) is 11.3 Å². The van der Waals surface area contributed by atoms with Gasteiger partial charge >= 0.3 is 0 Å². The highest BCUT2D eigenvalue weighted by molar-refractivity contribution is 7.10. The maximum Gasteiger partial charge on any atom is 0.104 e. The Kier molecular flexibility index (Phi) is 4.74. The molecular weight excluding hydrogens is 268 g/mol. The van der Waals surface area contributed by atoms with Gasteiger partial charge < -0.3 is 5.11 Å². The van der Waals surface area contributed by atoms with E-state index in [2.05, 4.69) is 33.1 Å². The number of nitrogens with zero attached hydrogens (tertiary/aromatic N) is 2. The topological polar surface area (TPSA) is 26.7 Å². The van der Waals surface area contributed by atoms with Gasteiger partial charge in [-0.05, 0) is 43.8 Å². The fourth-order valence-electron chi connectivity index (χ4n) is 3.27. The Morgan fingerprint density at radius 1 is 1.30 bits per heavy atom. The third kappa shape index (κ3) is 3.24. The average Bonchev–Trinajstić information content (AvgIpc) is 3.18. The Hall–Kier alpha value is -0.860. The fourth-order valence-corrected chi connectivity index (χ4v) is 4.14. The molecule has 0 bridgehead atoms. The Morgan fingerprint density at radius 3 is 2.95 bits per heavy atom. The highest BCUT2D eigenvalue weighted by Gasteiger charge is 2.29. The lowest BCUT2D eigenvalue weighted by Gasteiger charge is -2.23. The molecule has 2 aliphatic heterocycles. The number of thiophene rings is 1. The van der Waals surface area contributed by atoms with Gasteiger partial charge in [-0.15, -0.1) is 11.3 Å². The van der Waals surface area contributed by atoms with Crippen LogP contribution in [0, 0.1) is 11.8 Å². The number of aliphatic hydroxyl groups is 1. The maximum atomic E-state index is 8.81. The van der Waals surface area contributed by atoms with Gasteiger partial charge in [-0.3, -0.25) is 9.80 Å². The zero-order chi connectivity index (χ0) is 13.8. The predicted octanol–water partition coefficient (Wildman–Crippen LogP) is 1.76. The Labute approximate surface area is 125 Å². The largest absolute Gasteiger partial charge is 0.384 e. The van der Waals surface area contributed by atoms with Crippen molar-refractivity contribution in [3.05, 3.63) is 21.9 Å². The van der Waals surface area contributed by atoms with Gasteiger partial charge in [0.05, 0.1) is 0 Å². The van der Waals surface area contributed by atoms with E-state index >= 15 is 0 Å². The molecule has 0 radical (unpaired) electrons. The first-order valence-electron chi connectivity index (χ1n) is 7.49. The smallest absolute Gasteiger partial charge is 0.104 e. The van der Waals surface area contributed by atoms with Crippen molar-refractivity contribution in [1.82, 2.24) is 9.80 Å². The zero-order valence-corrected chi connectivity index (χ0v) is 12.7. The van der Waals surface area contributed by atoms with Gasteiger partial charge in [0.1, 0.15) is 6.61 Å². The molecule has 1 aromatic rings. The van der Waals surface area contributed by atoms with Crippen molar-refractivity contribution in [1.29, 1.82) is 0 Å². The van der Waals surface area contributed by atoms with Crippen LogP contribution in [-0.4, -0.2) is 53.7 Å². The highest BCUT2D eigenvalue weighted by atomic mass is 32.1. The minimum Gasteiger partial charge on any atom is -0.384 e. The molecule has 3 heterocycles. The molecule has 3 nitrogen and oxygen atoms in total. The zero-order valence-electron chi connectivity index (χ0n) is 11.8. The summed E-state index contributed by atoms with van der Waals surface area (Å²) in [6, 6.07) is 2.83. The van der Waals surface area contributed by atoms with Crippen molar-refractivity contribution in [2.75, 3.05) is 32.8 Å². The summed E-state index contributed by atoms with van der Waals surface area (Å²) in [6.45, 7) is 5.94. The van der Waals surface area contributed by atoms with Crippen molar-refractivity contribution >= 4 is 11.3 Å². The molecule has 0 aliphatic carbocycles. The summed E-state index contributed by atoms with van der Waals surface area (Å²) in [5.41, 5.74) is 1.09. The molecule has 0 saturated carbocycles. The molecule has 4 heteroatoms. The summed E-state index contributed by atoms with van der Waals surface area (Å²) in [7, 11) is 0. The molecule has 0 spiro atoms. The fraction of sp³-hybridized carbons (Fsp3) is 0.625. The van der Waals surface area contributed by atoms with Gasteiger partial charge in [0.2, 0.25) is 0 Å². The molecule has 2 fully saturated rings. The first-order chi connectivity index (χ1) is 9.86. The van der Waals surface area contributed by atoms with E-state index < -0.39 is 0 Å². The van der Waals surface area contributed by atoms with Crippen LogP contribution in [0.3, 0.4) is 0 Å². The van der Waals surface area contributed by atoms with Crippen LogP contribution in [0.1, 0.15) is 29.7 Å². The van der Waals surface area contributed by atoms with Crippen molar-refractivity contribution < 1.29 is 5.11 Å². The molecular formula is C16H22N2OS. The van der Waals surface area contributed by atoms with Crippen molar-refractivity contribution in [2.24, 2.45) is 0 Å². The molecule has 1 N–H and O–H groups in total. The van der Waals surface area contributed by atoms with E-state index in [4.69, 9.17) is 5.11 Å². The van der Waals surface area contributed by atoms with Crippen LogP contribution in [0.2, 0.25) is 0 Å². The van der Waals surface area contributed by atoms with Crippen LogP contribution >= 0.6 is 11.3 Å². The quantitative estimate of drug-likeness (QED) is 0.860. The number of hydrogen-bond donors (Lipinski definition) is 1. The molecule has 1 atom stereocenters. The first-order valence-corrected chi connectivity index (χ1v) is 8.37. The molecule has 0 aromatic carbocycles. The van der Waals surface area contributed by atoms with Crippen LogP contribution in [0.4, 0.5) is 0 Å². The lowest BCUT2D eigenvalue weighted by atomic mass is 10.2. The van der Waals surface area contributed by atoms with E-state index in [1.807, 2.05) is 0 Å². The van der Waals surface area contributed by atoms with Crippen molar-refractivity contribution in [2.45, 2.75) is 31.8 Å². The Balaban J connectivity index is 1.57. The molecule has 108 valence electrons. The number of hydrogen-bond acceptors (Lipinski definition) is 4. The van der Waals surface area contributed by atoms with Crippen LogP contribution in [0.15, 0.2) is 11.4 Å². The molecule has 1 unspecified atom stereocenters. The van der Waals surface area contributed by atoms with E-state index in [-0.39, 0.29) is 6.61 Å². The summed E-state index contributed by atoms with van der Waals surface area (Å²) < 4.78 is 0. The summed E-state index contributed by atoms with van der Waals surface area (Å²) in [5, 5.41) is 10.9. The van der Waals surface area contributed by atoms with E-state index in [0.717, 1.165) is 18.2 Å². The normalized spacial score (nSPS) is 23.9. The number of likely N-dealkylation sites (tertiary alicyclic amines) is 2. The van der Waals surface area contributed by atoms with Crippen molar-refractivity contribution in [3.63, 3.8) is 0 Å². The second-order valence-electron chi connectivity index (χ2n) is 5.64. The van der Waals surface area contributed by atoms with Gasteiger partial charge in [0.25, 0.3) is 0 Å². The maximum absolute atomic E-state index is 8.81. The summed E-state index contributed by atoms with van der Waals surface area (Å²) in [6.07, 6.45) is 4.06. The van der Waals surface area contributed by atoms with E-state index in [1.165, 1.54) is 50.3 Å². The number of aliphatic hydroxyl groups excluding tert-OH is 1. The molecule has 20 heavy (non-hydrogen) atoms. The Bertz CT molecular complexity index is 496. The van der Waals surface area contributed by atoms with Gasteiger partial charge in [0, 0.05) is 36.1 Å². The van der Waals surface area contributed by atoms with Crippen LogP contribution in [-0.2, 0) is 6.54 Å². The molecule has 2 aliphatic rings. The second-order valence-corrected chi connectivity index (χ2v) is 6.64. The molecule has 1 aromatic heterocycles. The minimum atomic E-state index is -0.0595. The Morgan fingerprint density at radius 2 is 2.15 bits per heavy atom. The summed E-state index contributed by atoms with van der Waals surface area (Å²) in [5.74, 6) is 5.81. The van der Waals surface area contributed by atoms with Crippen LogP contribution in [0.5, 0.6) is 0 Å². The first kappa shape index (κ1) is 14.1. The third-order valence-corrected chi connectivity index (χ3v) is 5.22. The lowest BCUT2D eigenvalue weighted by Crippen LogP contribution is -2.35. The van der Waals surface area contributed by atoms with Crippen LogP contribution in [0.25, 0.3) is 0 Å². The minimum absolute atomic E-state index is 0.0595. The van der Waals surface area contributed by atoms with Gasteiger partial charge in [-0.25, -0.2) is 0 Å². The lowest BCUT2D eigenvalue weighted by molar-refractivity contribution is 0.230. The van der Waals surface area contributed by atoms with E-state index in [0.29, 0.717) is 0 Å². The van der Waals surface area contributed by atoms with Crippen LogP contribution < -0.4 is 0 Å². The van der Waals surface area contributed by atoms with Gasteiger partial charge in [-0.1, -0.05) is 11.8 Å². The molecule has 3 rings (SSSR count). The van der Waals surface area contributed by atoms with Crippen molar-refractivity contribution in [3.8, 4) is 11.8 Å². The monoisotopic (exact) mass is 290 g/mol. The standard InChI is InChI=1S/C16H22N2OS/c19-10-3-4-14-6-11-20-16(14)13-17-9-5-15(12-17)18-7-1-2-8-18/h6,11,15,19H,1-2,5,7-10,12-13H2. The third-order valence-electron chi connectivity index (χ3n) is 4.32. The second kappa shape index (κ2) is 6.73. The summed E-state index contributed by atoms with van der Waals surface area (Å²) in [4.78, 5) is 6.56. The SMILES string of the molecule is OCC#Cc1ccsc1CN1CCC(N2CCCC2)C1. The number of rotatable bonds is 3. The molecule has 0 amide bonds. The molecule has 2 saturated heterocycles. The van der Waals surface area contributed by atoms with E-state index in [9.17, 15) is 0 Å². The van der Waals surface area contributed by atoms with Gasteiger partial charge in [-0.2, -0.15) is 0 Å². The highest BCUT2D eigenvalue weighted by Crippen LogP contribution is 2.24. The average molecular weight is 290 g/mol. The summed E-state index contributed by atoms with van der Waals surface area (Å²) >= 11 is 1.78. The predicted molar refractivity (Wildman–Crippen MR) is 82.8 cm³/mol. The van der Waals surface area contributed by atoms with Gasteiger partial charge in [0.15, 0.2) is 0 Å².